The lowest BCUT2D eigenvalue weighted by Crippen LogP contribution is -2.11. The van der Waals surface area contributed by atoms with Crippen LogP contribution < -0.4 is 5.73 Å². The number of primary amides is 1. The SMILES string of the molecule is CCOC(N)=O.O[SiH3]. The molecule has 0 aliphatic rings. The molecule has 0 fully saturated rings. The van der Waals surface area contributed by atoms with Gasteiger partial charge in [-0.2, -0.15) is 0 Å². The summed E-state index contributed by atoms with van der Waals surface area (Å²) < 4.78 is 4.18. The molecule has 0 heterocycles. The third-order valence-electron chi connectivity index (χ3n) is 0.287. The molecule has 0 unspecified atom stereocenters. The van der Waals surface area contributed by atoms with Gasteiger partial charge in [0.15, 0.2) is 0 Å². The van der Waals surface area contributed by atoms with Crippen LogP contribution in [0, 0.1) is 0 Å². The van der Waals surface area contributed by atoms with E-state index in [0.717, 1.165) is 0 Å². The van der Waals surface area contributed by atoms with Crippen molar-refractivity contribution in [1.29, 1.82) is 0 Å². The summed E-state index contributed by atoms with van der Waals surface area (Å²) in [6.45, 7) is 2.06. The smallest absolute Gasteiger partial charge is 0.404 e. The third kappa shape index (κ3) is 18.0. The van der Waals surface area contributed by atoms with E-state index in [0.29, 0.717) is 17.1 Å². The van der Waals surface area contributed by atoms with Crippen molar-refractivity contribution >= 4 is 16.6 Å². The Morgan fingerprint density at radius 3 is 2.25 bits per heavy atom. The number of amides is 1. The van der Waals surface area contributed by atoms with Crippen molar-refractivity contribution in [3.8, 4) is 0 Å². The van der Waals surface area contributed by atoms with Crippen molar-refractivity contribution in [2.75, 3.05) is 6.61 Å². The van der Waals surface area contributed by atoms with Gasteiger partial charge in [0.2, 0.25) is 0 Å². The van der Waals surface area contributed by atoms with E-state index >= 15 is 0 Å². The summed E-state index contributed by atoms with van der Waals surface area (Å²) in [5, 5.41) is 0. The molecule has 3 N–H and O–H groups in total. The molecular weight excluding hydrogens is 126 g/mol. The molecule has 0 bridgehead atoms. The quantitative estimate of drug-likeness (QED) is 0.426. The Hall–Kier alpha value is -0.553. The lowest BCUT2D eigenvalue weighted by atomic mass is 10.9. The van der Waals surface area contributed by atoms with Crippen molar-refractivity contribution in [2.45, 2.75) is 6.92 Å². The van der Waals surface area contributed by atoms with Gasteiger partial charge < -0.3 is 15.3 Å². The average Bonchev–Trinajstić information content (AvgIpc) is 1.72. The maximum Gasteiger partial charge on any atom is 0.404 e. The topological polar surface area (TPSA) is 72.5 Å². The van der Waals surface area contributed by atoms with E-state index in [9.17, 15) is 4.79 Å². The van der Waals surface area contributed by atoms with Crippen LogP contribution in [0.15, 0.2) is 0 Å². The van der Waals surface area contributed by atoms with Crippen LogP contribution in [0.5, 0.6) is 0 Å². The maximum atomic E-state index is 9.60. The molecule has 50 valence electrons. The summed E-state index contributed by atoms with van der Waals surface area (Å²) in [7, 11) is 0.306. The first-order chi connectivity index (χ1) is 3.77. The zero-order valence-electron chi connectivity index (χ0n) is 5.05. The van der Waals surface area contributed by atoms with Crippen molar-refractivity contribution < 1.29 is 14.3 Å². The molecular formula is C3H11NO3Si. The van der Waals surface area contributed by atoms with Crippen LogP contribution in [-0.2, 0) is 4.74 Å². The Bertz CT molecular complexity index is 58.5. The lowest BCUT2D eigenvalue weighted by Gasteiger charge is -1.89. The van der Waals surface area contributed by atoms with Gasteiger partial charge in [-0.05, 0) is 6.92 Å². The van der Waals surface area contributed by atoms with E-state index in [1.807, 2.05) is 0 Å². The summed E-state index contributed by atoms with van der Waals surface area (Å²) in [6, 6.07) is 0. The molecule has 0 aromatic rings. The number of nitrogens with two attached hydrogens (primary N) is 1. The Balaban J connectivity index is 0. The molecule has 0 atom stereocenters. The van der Waals surface area contributed by atoms with E-state index < -0.39 is 6.09 Å². The Kier molecular flexibility index (Phi) is 12.6. The standard InChI is InChI=1S/C3H7NO2.H4OSi/c1-2-6-3(4)5;1-2/h2H2,1H3,(H2,4,5);1H,2H3. The number of carbonyl (C=O) groups is 1. The molecule has 0 aliphatic carbocycles. The van der Waals surface area contributed by atoms with Gasteiger partial charge in [-0.15, -0.1) is 0 Å². The fourth-order valence-electron chi connectivity index (χ4n) is 0.142. The molecule has 4 nitrogen and oxygen atoms in total. The van der Waals surface area contributed by atoms with Gasteiger partial charge >= 0.3 is 6.09 Å². The van der Waals surface area contributed by atoms with Crippen LogP contribution in [-0.4, -0.2) is 28.0 Å². The summed E-state index contributed by atoms with van der Waals surface area (Å²) >= 11 is 0. The fraction of sp³-hybridized carbons (Fsp3) is 0.667. The third-order valence-corrected chi connectivity index (χ3v) is 0.287. The maximum absolute atomic E-state index is 9.60. The number of rotatable bonds is 1. The first-order valence-electron chi connectivity index (χ1n) is 2.14. The van der Waals surface area contributed by atoms with E-state index in [-0.39, 0.29) is 0 Å². The number of ether oxygens (including phenoxy) is 1. The summed E-state index contributed by atoms with van der Waals surface area (Å²) in [4.78, 5) is 16.7. The van der Waals surface area contributed by atoms with E-state index in [1.165, 1.54) is 0 Å². The summed E-state index contributed by atoms with van der Waals surface area (Å²) in [6.07, 6.45) is -0.711. The zero-order chi connectivity index (χ0) is 6.99. The largest absolute Gasteiger partial charge is 0.450 e. The molecule has 0 rings (SSSR count). The fourth-order valence-corrected chi connectivity index (χ4v) is 0.142. The molecule has 0 saturated carbocycles. The molecule has 0 spiro atoms. The van der Waals surface area contributed by atoms with Crippen molar-refractivity contribution in [2.24, 2.45) is 5.73 Å². The summed E-state index contributed by atoms with van der Waals surface area (Å²) in [5.74, 6) is 0. The predicted molar refractivity (Wildman–Crippen MR) is 33.4 cm³/mol. The van der Waals surface area contributed by atoms with Gasteiger partial charge in [0.05, 0.1) is 6.61 Å². The lowest BCUT2D eigenvalue weighted by molar-refractivity contribution is 0.163. The predicted octanol–water partition coefficient (Wildman–Crippen LogP) is -1.64. The minimum Gasteiger partial charge on any atom is -0.450 e. The first kappa shape index (κ1) is 10.4. The average molecular weight is 137 g/mol. The van der Waals surface area contributed by atoms with E-state index in [4.69, 9.17) is 4.80 Å². The van der Waals surface area contributed by atoms with Gasteiger partial charge in [-0.3, -0.25) is 0 Å². The second kappa shape index (κ2) is 9.67. The molecule has 0 aromatic heterocycles. The number of hydrogen-bond donors (Lipinski definition) is 2. The molecule has 8 heavy (non-hydrogen) atoms. The van der Waals surface area contributed by atoms with Gasteiger partial charge in [-0.25, -0.2) is 4.79 Å². The van der Waals surface area contributed by atoms with Crippen LogP contribution in [0.25, 0.3) is 0 Å². The first-order valence-corrected chi connectivity index (χ1v) is 3.03. The molecule has 0 aliphatic heterocycles. The van der Waals surface area contributed by atoms with Crippen LogP contribution in [0.4, 0.5) is 4.79 Å². The molecule has 5 heteroatoms. The number of hydrogen-bond acceptors (Lipinski definition) is 3. The minimum atomic E-state index is -0.711. The highest BCUT2D eigenvalue weighted by atomic mass is 28.2. The van der Waals surface area contributed by atoms with E-state index in [2.05, 4.69) is 10.5 Å². The highest BCUT2D eigenvalue weighted by Gasteiger charge is 1.82. The van der Waals surface area contributed by atoms with Gasteiger partial charge in [0, 0.05) is 0 Å². The zero-order valence-corrected chi connectivity index (χ0v) is 7.05. The van der Waals surface area contributed by atoms with Gasteiger partial charge in [0.1, 0.15) is 10.5 Å². The van der Waals surface area contributed by atoms with Gasteiger partial charge in [-0.1, -0.05) is 0 Å². The van der Waals surface area contributed by atoms with Gasteiger partial charge in [0.25, 0.3) is 0 Å². The second-order valence-corrected chi connectivity index (χ2v) is 0.752. The van der Waals surface area contributed by atoms with Crippen LogP contribution >= 0.6 is 0 Å². The molecule has 0 aromatic carbocycles. The monoisotopic (exact) mass is 137 g/mol. The van der Waals surface area contributed by atoms with Crippen LogP contribution in [0.3, 0.4) is 0 Å². The van der Waals surface area contributed by atoms with Crippen molar-refractivity contribution in [3.63, 3.8) is 0 Å². The molecule has 1 amide bonds. The number of carbonyl (C=O) groups excluding carboxylic acids is 1. The Morgan fingerprint density at radius 1 is 1.88 bits per heavy atom. The summed E-state index contributed by atoms with van der Waals surface area (Å²) in [5.41, 5.74) is 4.54. The van der Waals surface area contributed by atoms with Crippen molar-refractivity contribution in [1.82, 2.24) is 0 Å². The van der Waals surface area contributed by atoms with E-state index in [1.54, 1.807) is 6.92 Å². The molecule has 0 saturated heterocycles. The van der Waals surface area contributed by atoms with Crippen molar-refractivity contribution in [3.05, 3.63) is 0 Å². The molecule has 0 radical (unpaired) electrons. The second-order valence-electron chi connectivity index (χ2n) is 0.752. The Labute approximate surface area is 51.2 Å². The van der Waals surface area contributed by atoms with Crippen LogP contribution in [0.1, 0.15) is 6.92 Å². The highest BCUT2D eigenvalue weighted by molar-refractivity contribution is 5.95. The normalized spacial score (nSPS) is 6.75. The highest BCUT2D eigenvalue weighted by Crippen LogP contribution is 1.66. The minimum absolute atomic E-state index is 0.306. The van der Waals surface area contributed by atoms with Crippen LogP contribution in [0.2, 0.25) is 0 Å². The Morgan fingerprint density at radius 2 is 2.25 bits per heavy atom.